The molecule has 8 nitrogen and oxygen atoms in total. The molecule has 0 spiro atoms. The molecule has 194 valence electrons. The summed E-state index contributed by atoms with van der Waals surface area (Å²) >= 11 is 0. The maximum Gasteiger partial charge on any atom is 0.252 e. The van der Waals surface area contributed by atoms with Gasteiger partial charge in [0.2, 0.25) is 0 Å². The maximum atomic E-state index is 12.4. The van der Waals surface area contributed by atoms with E-state index >= 15 is 0 Å². The van der Waals surface area contributed by atoms with Crippen molar-refractivity contribution >= 4 is 28.2 Å². The second kappa shape index (κ2) is 12.6. The van der Waals surface area contributed by atoms with Crippen LogP contribution in [-0.4, -0.2) is 41.9 Å². The highest BCUT2D eigenvalue weighted by atomic mass is 16.5. The molecule has 0 bridgehead atoms. The van der Waals surface area contributed by atoms with E-state index in [2.05, 4.69) is 42.5 Å². The average molecular weight is 495 g/mol. The van der Waals surface area contributed by atoms with E-state index in [9.17, 15) is 9.90 Å². The van der Waals surface area contributed by atoms with Gasteiger partial charge in [0.15, 0.2) is 11.5 Å². The van der Waals surface area contributed by atoms with Crippen LogP contribution in [0.15, 0.2) is 36.5 Å². The highest BCUT2D eigenvalue weighted by Crippen LogP contribution is 2.38. The number of carbonyl (C=O) groups excluding carboxylic acids is 1. The van der Waals surface area contributed by atoms with Crippen molar-refractivity contribution in [3.63, 3.8) is 0 Å². The van der Waals surface area contributed by atoms with Gasteiger partial charge in [0.05, 0.1) is 36.6 Å². The lowest BCUT2D eigenvalue weighted by molar-refractivity contribution is 0.100. The first-order chi connectivity index (χ1) is 17.3. The quantitative estimate of drug-likeness (QED) is 0.275. The highest BCUT2D eigenvalue weighted by molar-refractivity contribution is 6.08. The third-order valence-electron chi connectivity index (χ3n) is 6.24. The number of carbonyl (C=O) groups is 1. The molecule has 5 N–H and O–H groups in total. The Balaban J connectivity index is 2.10. The second-order valence-corrected chi connectivity index (χ2v) is 8.93. The molecule has 3 aromatic rings. The normalized spacial score (nSPS) is 12.1. The van der Waals surface area contributed by atoms with Crippen LogP contribution < -0.4 is 25.8 Å². The second-order valence-electron chi connectivity index (χ2n) is 8.93. The molecule has 2 aromatic carbocycles. The summed E-state index contributed by atoms with van der Waals surface area (Å²) in [5.41, 5.74) is 10.4. The van der Waals surface area contributed by atoms with Gasteiger partial charge < -0.3 is 30.9 Å². The molecule has 1 amide bonds. The number of amides is 1. The number of anilines is 2. The first kappa shape index (κ1) is 27.2. The lowest BCUT2D eigenvalue weighted by atomic mass is 10.00. The molecule has 1 atom stereocenters. The van der Waals surface area contributed by atoms with Gasteiger partial charge in [-0.15, -0.1) is 0 Å². The van der Waals surface area contributed by atoms with Gasteiger partial charge in [-0.1, -0.05) is 32.9 Å². The summed E-state index contributed by atoms with van der Waals surface area (Å²) in [6.07, 6.45) is 2.27. The fourth-order valence-electron chi connectivity index (χ4n) is 4.28. The van der Waals surface area contributed by atoms with Crippen LogP contribution in [0.3, 0.4) is 0 Å². The lowest BCUT2D eigenvalue weighted by Gasteiger charge is -2.22. The summed E-state index contributed by atoms with van der Waals surface area (Å²) < 4.78 is 11.6. The Morgan fingerprint density at radius 2 is 1.81 bits per heavy atom. The first-order valence-corrected chi connectivity index (χ1v) is 12.6. The molecule has 1 aromatic heterocycles. The molecular formula is C28H38N4O4. The Morgan fingerprint density at radius 3 is 2.39 bits per heavy atom. The molecule has 0 radical (unpaired) electrons. The standard InChI is InChI=1S/C28H38N4O4/c1-6-19-18(14-30-24(16-33)17(4)5)10-9-11-22(19)32-27-20-12-25(35-7-2)26(36-8-3)13-23(20)31-15-21(27)28(29)34/h9-13,15,17,24,30,33H,6-8,14,16H2,1-5H3,(H2,29,34)(H,31,32). The van der Waals surface area contributed by atoms with Gasteiger partial charge in [0.1, 0.15) is 0 Å². The third-order valence-corrected chi connectivity index (χ3v) is 6.24. The predicted octanol–water partition coefficient (Wildman–Crippen LogP) is 4.54. The number of rotatable bonds is 13. The van der Waals surface area contributed by atoms with Gasteiger partial charge in [-0.25, -0.2) is 0 Å². The average Bonchev–Trinajstić information content (AvgIpc) is 2.85. The summed E-state index contributed by atoms with van der Waals surface area (Å²) in [5.74, 6) is 0.917. The van der Waals surface area contributed by atoms with E-state index in [0.29, 0.717) is 59.3 Å². The predicted molar refractivity (Wildman–Crippen MR) is 144 cm³/mol. The zero-order valence-corrected chi connectivity index (χ0v) is 21.9. The van der Waals surface area contributed by atoms with Crippen molar-refractivity contribution in [1.82, 2.24) is 10.3 Å². The Morgan fingerprint density at radius 1 is 1.11 bits per heavy atom. The number of pyridine rings is 1. The van der Waals surface area contributed by atoms with Crippen molar-refractivity contribution in [2.75, 3.05) is 25.1 Å². The summed E-state index contributed by atoms with van der Waals surface area (Å²) in [7, 11) is 0. The Bertz CT molecular complexity index is 1200. The van der Waals surface area contributed by atoms with Crippen molar-refractivity contribution in [3.05, 3.63) is 53.2 Å². The van der Waals surface area contributed by atoms with Crippen LogP contribution >= 0.6 is 0 Å². The fourth-order valence-corrected chi connectivity index (χ4v) is 4.28. The Kier molecular flexibility index (Phi) is 9.50. The minimum atomic E-state index is -0.572. The number of aliphatic hydroxyl groups is 1. The highest BCUT2D eigenvalue weighted by Gasteiger charge is 2.19. The summed E-state index contributed by atoms with van der Waals surface area (Å²) in [5, 5.41) is 17.4. The number of primary amides is 1. The number of aliphatic hydroxyl groups excluding tert-OH is 1. The summed E-state index contributed by atoms with van der Waals surface area (Å²) in [6.45, 7) is 11.7. The number of benzene rings is 2. The van der Waals surface area contributed by atoms with Crippen molar-refractivity contribution in [2.45, 2.75) is 53.6 Å². The van der Waals surface area contributed by atoms with E-state index in [0.717, 1.165) is 23.2 Å². The van der Waals surface area contributed by atoms with Gasteiger partial charge in [-0.3, -0.25) is 9.78 Å². The molecule has 0 aliphatic heterocycles. The van der Waals surface area contributed by atoms with Crippen molar-refractivity contribution < 1.29 is 19.4 Å². The van der Waals surface area contributed by atoms with Crippen LogP contribution in [0.1, 0.15) is 56.1 Å². The lowest BCUT2D eigenvalue weighted by Crippen LogP contribution is -2.36. The number of hydrogen-bond donors (Lipinski definition) is 4. The molecule has 3 rings (SSSR count). The zero-order valence-electron chi connectivity index (χ0n) is 21.9. The smallest absolute Gasteiger partial charge is 0.252 e. The molecule has 0 saturated heterocycles. The summed E-state index contributed by atoms with van der Waals surface area (Å²) in [4.78, 5) is 16.9. The molecule has 36 heavy (non-hydrogen) atoms. The fraction of sp³-hybridized carbons (Fsp3) is 0.429. The number of nitrogens with one attached hydrogen (secondary N) is 2. The molecule has 1 unspecified atom stereocenters. The van der Waals surface area contributed by atoms with Gasteiger partial charge in [-0.2, -0.15) is 0 Å². The maximum absolute atomic E-state index is 12.4. The molecule has 0 aliphatic rings. The summed E-state index contributed by atoms with van der Waals surface area (Å²) in [6, 6.07) is 9.72. The van der Waals surface area contributed by atoms with Crippen LogP contribution in [-0.2, 0) is 13.0 Å². The van der Waals surface area contributed by atoms with E-state index < -0.39 is 5.91 Å². The van der Waals surface area contributed by atoms with E-state index in [1.165, 1.54) is 6.20 Å². The molecule has 8 heteroatoms. The van der Waals surface area contributed by atoms with Crippen molar-refractivity contribution in [1.29, 1.82) is 0 Å². The van der Waals surface area contributed by atoms with E-state index in [1.54, 1.807) is 0 Å². The number of nitrogens with two attached hydrogens (primary N) is 1. The van der Waals surface area contributed by atoms with E-state index in [-0.39, 0.29) is 12.6 Å². The van der Waals surface area contributed by atoms with Crippen LogP contribution in [0.2, 0.25) is 0 Å². The van der Waals surface area contributed by atoms with Gasteiger partial charge in [0.25, 0.3) is 5.91 Å². The van der Waals surface area contributed by atoms with Gasteiger partial charge >= 0.3 is 0 Å². The molecule has 0 aliphatic carbocycles. The van der Waals surface area contributed by atoms with Crippen molar-refractivity contribution in [3.8, 4) is 11.5 Å². The minimum absolute atomic E-state index is 0.00782. The van der Waals surface area contributed by atoms with Crippen LogP contribution in [0, 0.1) is 5.92 Å². The van der Waals surface area contributed by atoms with Gasteiger partial charge in [0, 0.05) is 35.9 Å². The van der Waals surface area contributed by atoms with Crippen LogP contribution in [0.4, 0.5) is 11.4 Å². The largest absolute Gasteiger partial charge is 0.490 e. The van der Waals surface area contributed by atoms with E-state index in [1.807, 2.05) is 38.1 Å². The Hall–Kier alpha value is -3.36. The van der Waals surface area contributed by atoms with Crippen LogP contribution in [0.25, 0.3) is 10.9 Å². The molecule has 1 heterocycles. The van der Waals surface area contributed by atoms with Gasteiger partial charge in [-0.05, 0) is 49.4 Å². The van der Waals surface area contributed by atoms with E-state index in [4.69, 9.17) is 15.2 Å². The SMILES string of the molecule is CCOc1cc2ncc(C(N)=O)c(Nc3cccc(CNC(CO)C(C)C)c3CC)c2cc1OCC. The Labute approximate surface area is 213 Å². The number of ether oxygens (including phenoxy) is 2. The molecule has 0 saturated carbocycles. The third kappa shape index (κ3) is 6.06. The minimum Gasteiger partial charge on any atom is -0.490 e. The first-order valence-electron chi connectivity index (χ1n) is 12.6. The van der Waals surface area contributed by atoms with Crippen LogP contribution in [0.5, 0.6) is 11.5 Å². The topological polar surface area (TPSA) is 119 Å². The number of fused-ring (bicyclic) bond motifs is 1. The number of aromatic nitrogens is 1. The molecule has 0 fully saturated rings. The number of nitrogens with zero attached hydrogens (tertiary/aromatic N) is 1. The monoisotopic (exact) mass is 494 g/mol. The number of hydrogen-bond acceptors (Lipinski definition) is 7. The molecular weight excluding hydrogens is 456 g/mol. The van der Waals surface area contributed by atoms with Crippen molar-refractivity contribution in [2.24, 2.45) is 11.7 Å². The zero-order chi connectivity index (χ0) is 26.2.